The maximum atomic E-state index is 15.0. The van der Waals surface area contributed by atoms with Crippen LogP contribution < -0.4 is 4.18 Å². The van der Waals surface area contributed by atoms with E-state index in [1.54, 1.807) is 0 Å². The van der Waals surface area contributed by atoms with Gasteiger partial charge in [0.2, 0.25) is 0 Å². The predicted octanol–water partition coefficient (Wildman–Crippen LogP) is 7.94. The molecule has 0 saturated heterocycles. The minimum Gasteiger partial charge on any atom is -0.744 e. The van der Waals surface area contributed by atoms with Gasteiger partial charge in [-0.05, 0) is 188 Å². The summed E-state index contributed by atoms with van der Waals surface area (Å²) in [6.07, 6.45) is 15.8. The van der Waals surface area contributed by atoms with Crippen molar-refractivity contribution in [2.75, 3.05) is 0 Å². The Hall–Kier alpha value is -2.42. The molecule has 3 aromatic carbocycles. The van der Waals surface area contributed by atoms with E-state index in [1.807, 2.05) is 0 Å². The Morgan fingerprint density at radius 1 is 0.617 bits per heavy atom. The summed E-state index contributed by atoms with van der Waals surface area (Å²) in [5, 5.41) is 2.34. The summed E-state index contributed by atoms with van der Waals surface area (Å²) in [6.45, 7) is 0. The van der Waals surface area contributed by atoms with Crippen LogP contribution in [0.3, 0.4) is 0 Å². The molecule has 0 heterocycles. The third-order valence-electron chi connectivity index (χ3n) is 14.1. The van der Waals surface area contributed by atoms with Crippen molar-refractivity contribution in [3.63, 3.8) is 0 Å². The van der Waals surface area contributed by atoms with E-state index in [1.165, 1.54) is 61.6 Å². The summed E-state index contributed by atoms with van der Waals surface area (Å²) in [7, 11) is -9.00. The fourth-order valence-electron chi connectivity index (χ4n) is 13.5. The van der Waals surface area contributed by atoms with Crippen LogP contribution in [0.4, 0.5) is 0 Å². The molecule has 0 radical (unpaired) electrons. The summed E-state index contributed by atoms with van der Waals surface area (Å²) < 4.78 is 72.4. The summed E-state index contributed by atoms with van der Waals surface area (Å²) >= 11 is 0. The van der Waals surface area contributed by atoms with E-state index in [2.05, 4.69) is 30.3 Å². The summed E-state index contributed by atoms with van der Waals surface area (Å²) in [4.78, 5) is 0.0926. The lowest BCUT2D eigenvalue weighted by atomic mass is 9.46. The Labute approximate surface area is 278 Å². The average Bonchev–Trinajstić information content (AvgIpc) is 3.49. The molecule has 0 aliphatic heterocycles. The van der Waals surface area contributed by atoms with E-state index in [4.69, 9.17) is 4.18 Å². The topological polar surface area (TPSA) is 101 Å². The van der Waals surface area contributed by atoms with E-state index in [-0.39, 0.29) is 21.5 Å². The lowest BCUT2D eigenvalue weighted by Crippen LogP contribution is -2.50. The normalized spacial score (nSPS) is 36.7. The Balaban J connectivity index is 1.19. The molecule has 0 aromatic heterocycles. The first-order valence-corrected chi connectivity index (χ1v) is 20.9. The minimum absolute atomic E-state index is 0.00992. The van der Waals surface area contributed by atoms with Crippen molar-refractivity contribution in [3.8, 4) is 5.75 Å². The van der Waals surface area contributed by atoms with Crippen LogP contribution in [0.2, 0.25) is 0 Å². The smallest absolute Gasteiger partial charge is 0.339 e. The SMILES string of the molecule is O=S(=O)([O-])c1ccc(OS(=O)(=O)c2cc(C34CC5CC(CC(C5)C3)C4)c3ccccc3c2C23CC4CC(CC(C4)C2)C3)c2c1CCC2. The van der Waals surface area contributed by atoms with Gasteiger partial charge in [-0.2, -0.15) is 8.42 Å². The molecule has 8 fully saturated rings. The van der Waals surface area contributed by atoms with Crippen LogP contribution in [-0.4, -0.2) is 21.4 Å². The van der Waals surface area contributed by atoms with Crippen LogP contribution in [0.5, 0.6) is 5.75 Å². The molecule has 6 nitrogen and oxygen atoms in total. The van der Waals surface area contributed by atoms with Gasteiger partial charge in [-0.1, -0.05) is 24.3 Å². The molecule has 12 rings (SSSR count). The zero-order chi connectivity index (χ0) is 31.9. The maximum Gasteiger partial charge on any atom is 0.339 e. The van der Waals surface area contributed by atoms with Gasteiger partial charge in [-0.15, -0.1) is 0 Å². The number of fused-ring (bicyclic) bond motifs is 2. The lowest BCUT2D eigenvalue weighted by Gasteiger charge is -2.58. The molecule has 0 N–H and O–H groups in total. The van der Waals surface area contributed by atoms with Crippen LogP contribution >= 0.6 is 0 Å². The molecule has 9 aliphatic rings. The van der Waals surface area contributed by atoms with Gasteiger partial charge in [0, 0.05) is 5.56 Å². The van der Waals surface area contributed by atoms with Gasteiger partial charge in [-0.25, -0.2) is 8.42 Å². The average molecular weight is 672 g/mol. The van der Waals surface area contributed by atoms with E-state index < -0.39 is 20.2 Å². The third kappa shape index (κ3) is 4.42. The third-order valence-corrected chi connectivity index (χ3v) is 16.3. The fourth-order valence-corrected chi connectivity index (χ4v) is 15.6. The largest absolute Gasteiger partial charge is 0.744 e. The van der Waals surface area contributed by atoms with Crippen molar-refractivity contribution in [1.82, 2.24) is 0 Å². The zero-order valence-corrected chi connectivity index (χ0v) is 28.5. The van der Waals surface area contributed by atoms with E-state index in [9.17, 15) is 13.0 Å². The summed E-state index contributed by atoms with van der Waals surface area (Å²) in [5.41, 5.74) is 2.95. The van der Waals surface area contributed by atoms with Crippen LogP contribution in [-0.2, 0) is 43.9 Å². The molecule has 47 heavy (non-hydrogen) atoms. The van der Waals surface area contributed by atoms with Gasteiger partial charge < -0.3 is 8.74 Å². The van der Waals surface area contributed by atoms with Crippen molar-refractivity contribution >= 4 is 31.0 Å². The Kier molecular flexibility index (Phi) is 6.18. The van der Waals surface area contributed by atoms with Crippen LogP contribution in [0.15, 0.2) is 52.3 Å². The number of rotatable bonds is 6. The first kappa shape index (κ1) is 29.5. The van der Waals surface area contributed by atoms with Crippen molar-refractivity contribution in [2.45, 2.75) is 117 Å². The van der Waals surface area contributed by atoms with Gasteiger partial charge in [0.15, 0.2) is 0 Å². The maximum absolute atomic E-state index is 15.0. The molecule has 3 aromatic rings. The zero-order valence-electron chi connectivity index (χ0n) is 26.9. The lowest BCUT2D eigenvalue weighted by molar-refractivity contribution is -0.00703. The second-order valence-electron chi connectivity index (χ2n) is 17.1. The van der Waals surface area contributed by atoms with Gasteiger partial charge >= 0.3 is 10.1 Å². The van der Waals surface area contributed by atoms with Gasteiger partial charge in [0.1, 0.15) is 20.8 Å². The highest BCUT2D eigenvalue weighted by Crippen LogP contribution is 2.65. The van der Waals surface area contributed by atoms with Crippen molar-refractivity contribution in [3.05, 3.63) is 64.7 Å². The fraction of sp³-hybridized carbons (Fsp3) is 0.590. The summed E-state index contributed by atoms with van der Waals surface area (Å²) in [6, 6.07) is 13.4. The summed E-state index contributed by atoms with van der Waals surface area (Å²) in [5.74, 6) is 4.26. The number of hydrogen-bond acceptors (Lipinski definition) is 6. The monoisotopic (exact) mass is 671 g/mol. The highest BCUT2D eigenvalue weighted by atomic mass is 32.2. The van der Waals surface area contributed by atoms with E-state index >= 15 is 8.42 Å². The van der Waals surface area contributed by atoms with Gasteiger partial charge in [0.25, 0.3) is 0 Å². The molecular weight excluding hydrogens is 629 g/mol. The molecular formula is C39H43O6S2-. The van der Waals surface area contributed by atoms with Crippen LogP contribution in [0.1, 0.15) is 106 Å². The van der Waals surface area contributed by atoms with Gasteiger partial charge in [-0.3, -0.25) is 0 Å². The van der Waals surface area contributed by atoms with Crippen molar-refractivity contribution in [2.24, 2.45) is 35.5 Å². The second kappa shape index (κ2) is 9.85. The first-order chi connectivity index (χ1) is 22.5. The minimum atomic E-state index is -4.68. The van der Waals surface area contributed by atoms with Crippen molar-refractivity contribution < 1.29 is 25.6 Å². The van der Waals surface area contributed by atoms with Crippen molar-refractivity contribution in [1.29, 1.82) is 0 Å². The molecule has 0 amide bonds. The van der Waals surface area contributed by atoms with E-state index in [0.29, 0.717) is 53.0 Å². The van der Waals surface area contributed by atoms with E-state index in [0.717, 1.165) is 67.2 Å². The molecule has 0 spiro atoms. The quantitative estimate of drug-likeness (QED) is 0.195. The second-order valence-corrected chi connectivity index (χ2v) is 20.0. The van der Waals surface area contributed by atoms with Gasteiger partial charge in [0.05, 0.1) is 4.90 Å². The standard InChI is InChI=1S/C39H44O6S2/c40-46(41,42)35-9-8-34(30-6-3-7-31(30)35)45-47(43,44)36-16-33(38-17-23-10-24(18-38)12-25(11-23)19-38)29-4-1-2-5-32(29)37(36)39-20-26-13-27(21-39)15-28(14-26)22-39/h1-2,4-5,8-9,16,23-28H,3,6-7,10-15,17-22H2,(H,40,41,42)/p-1. The van der Waals surface area contributed by atoms with Crippen LogP contribution in [0, 0.1) is 35.5 Å². The molecule has 8 heteroatoms. The predicted molar refractivity (Wildman–Crippen MR) is 178 cm³/mol. The number of hydrogen-bond donors (Lipinski definition) is 0. The molecule has 0 unspecified atom stereocenters. The van der Waals surface area contributed by atoms with Crippen LogP contribution in [0.25, 0.3) is 10.8 Å². The number of benzene rings is 3. The Bertz CT molecular complexity index is 1990. The Morgan fingerprint density at radius 3 is 1.68 bits per heavy atom. The highest BCUT2D eigenvalue weighted by Gasteiger charge is 2.56. The molecule has 9 aliphatic carbocycles. The first-order valence-electron chi connectivity index (χ1n) is 18.1. The Morgan fingerprint density at radius 2 is 1.13 bits per heavy atom. The molecule has 8 bridgehead atoms. The molecule has 8 saturated carbocycles. The molecule has 248 valence electrons. The molecule has 0 atom stereocenters. The highest BCUT2D eigenvalue weighted by molar-refractivity contribution is 7.87.